The molecule has 3 rings (SSSR count). The third-order valence-electron chi connectivity index (χ3n) is 4.09. The zero-order valence-corrected chi connectivity index (χ0v) is 14.3. The fourth-order valence-electron chi connectivity index (χ4n) is 2.84. The average molecular weight is 346 g/mol. The molecule has 1 unspecified atom stereocenters. The molecule has 0 radical (unpaired) electrons. The molecule has 1 atom stereocenters. The van der Waals surface area contributed by atoms with E-state index < -0.39 is 16.2 Å². The normalized spacial score (nSPS) is 17.4. The number of ketones is 1. The molecule has 0 N–H and O–H groups in total. The molecule has 0 fully saturated rings. The fraction of sp³-hybridized carbons (Fsp3) is 0.278. The van der Waals surface area contributed by atoms with Gasteiger partial charge < -0.3 is 4.74 Å². The van der Waals surface area contributed by atoms with Crippen LogP contribution in [-0.2, 0) is 14.3 Å². The van der Waals surface area contributed by atoms with Crippen molar-refractivity contribution in [3.8, 4) is 5.75 Å². The van der Waals surface area contributed by atoms with Crippen molar-refractivity contribution < 1.29 is 22.1 Å². The van der Waals surface area contributed by atoms with Gasteiger partial charge in [0.05, 0.1) is 17.6 Å². The number of rotatable bonds is 4. The van der Waals surface area contributed by atoms with Gasteiger partial charge in [-0.1, -0.05) is 29.8 Å². The van der Waals surface area contributed by atoms with Crippen LogP contribution >= 0.6 is 0 Å². The van der Waals surface area contributed by atoms with E-state index in [1.807, 2.05) is 6.92 Å². The van der Waals surface area contributed by atoms with Gasteiger partial charge in [-0.2, -0.15) is 8.42 Å². The van der Waals surface area contributed by atoms with Crippen molar-refractivity contribution in [2.24, 2.45) is 0 Å². The van der Waals surface area contributed by atoms with Gasteiger partial charge in [0, 0.05) is 6.42 Å². The fourth-order valence-corrected chi connectivity index (χ4v) is 3.93. The average Bonchev–Trinajstić information content (AvgIpc) is 2.57. The molecule has 1 aliphatic carbocycles. The molecular weight excluding hydrogens is 328 g/mol. The van der Waals surface area contributed by atoms with Crippen molar-refractivity contribution in [1.82, 2.24) is 0 Å². The number of Topliss-reactive ketones (excluding diaryl/α,β-unsaturated/α-hetero) is 1. The molecule has 126 valence electrons. The molecule has 6 heteroatoms. The van der Waals surface area contributed by atoms with Crippen LogP contribution in [0.2, 0.25) is 0 Å². The second-order valence-corrected chi connectivity index (χ2v) is 7.31. The van der Waals surface area contributed by atoms with E-state index in [4.69, 9.17) is 8.92 Å². The van der Waals surface area contributed by atoms with E-state index in [0.29, 0.717) is 23.3 Å². The second-order valence-electron chi connectivity index (χ2n) is 5.74. The number of carbonyl (C=O) groups is 1. The standard InChI is InChI=1S/C18H18O5S/c1-12-6-8-13(9-7-12)24(20,21)23-16-11-10-15(19)18-14(16)4-3-5-17(18)22-2/h3-9,16H,10-11H2,1-2H3. The van der Waals surface area contributed by atoms with Crippen LogP contribution in [0.15, 0.2) is 47.4 Å². The number of ether oxygens (including phenoxy) is 1. The van der Waals surface area contributed by atoms with Crippen molar-refractivity contribution in [3.63, 3.8) is 0 Å². The Morgan fingerprint density at radius 2 is 1.79 bits per heavy atom. The molecule has 0 amide bonds. The zero-order valence-electron chi connectivity index (χ0n) is 13.5. The van der Waals surface area contributed by atoms with Gasteiger partial charge in [-0.3, -0.25) is 8.98 Å². The van der Waals surface area contributed by atoms with Gasteiger partial charge in [0.1, 0.15) is 11.9 Å². The number of hydrogen-bond acceptors (Lipinski definition) is 5. The summed E-state index contributed by atoms with van der Waals surface area (Å²) in [4.78, 5) is 12.3. The number of carbonyl (C=O) groups excluding carboxylic acids is 1. The highest BCUT2D eigenvalue weighted by Gasteiger charge is 2.32. The van der Waals surface area contributed by atoms with Gasteiger partial charge in [0.15, 0.2) is 5.78 Å². The van der Waals surface area contributed by atoms with Gasteiger partial charge in [-0.25, -0.2) is 0 Å². The summed E-state index contributed by atoms with van der Waals surface area (Å²) in [7, 11) is -2.43. The molecule has 0 heterocycles. The zero-order chi connectivity index (χ0) is 17.3. The Bertz CT molecular complexity index is 869. The predicted molar refractivity (Wildman–Crippen MR) is 88.7 cm³/mol. The summed E-state index contributed by atoms with van der Waals surface area (Å²) in [6, 6.07) is 11.6. The minimum atomic E-state index is -3.91. The molecule has 5 nitrogen and oxygen atoms in total. The third kappa shape index (κ3) is 3.07. The minimum absolute atomic E-state index is 0.0602. The lowest BCUT2D eigenvalue weighted by Gasteiger charge is -2.25. The summed E-state index contributed by atoms with van der Waals surface area (Å²) >= 11 is 0. The van der Waals surface area contributed by atoms with Crippen molar-refractivity contribution in [3.05, 3.63) is 59.2 Å². The highest BCUT2D eigenvalue weighted by atomic mass is 32.2. The summed E-state index contributed by atoms with van der Waals surface area (Å²) in [5.41, 5.74) is 1.93. The number of hydrogen-bond donors (Lipinski definition) is 0. The Balaban J connectivity index is 1.96. The Hall–Kier alpha value is -2.18. The summed E-state index contributed by atoms with van der Waals surface area (Å²) in [5, 5.41) is 0. The summed E-state index contributed by atoms with van der Waals surface area (Å²) in [6.07, 6.45) is -0.148. The summed E-state index contributed by atoms with van der Waals surface area (Å²) in [6.45, 7) is 1.88. The first kappa shape index (κ1) is 16.7. The number of fused-ring (bicyclic) bond motifs is 1. The lowest BCUT2D eigenvalue weighted by Crippen LogP contribution is -2.21. The first-order chi connectivity index (χ1) is 11.4. The Kier molecular flexibility index (Phi) is 4.43. The Morgan fingerprint density at radius 3 is 2.46 bits per heavy atom. The van der Waals surface area contributed by atoms with Crippen LogP contribution in [0.1, 0.15) is 40.4 Å². The van der Waals surface area contributed by atoms with Crippen LogP contribution in [0, 0.1) is 6.92 Å². The smallest absolute Gasteiger partial charge is 0.297 e. The molecule has 0 spiro atoms. The largest absolute Gasteiger partial charge is 0.496 e. The summed E-state index contributed by atoms with van der Waals surface area (Å²) in [5.74, 6) is 0.383. The van der Waals surface area contributed by atoms with E-state index in [9.17, 15) is 13.2 Å². The number of aryl methyl sites for hydroxylation is 1. The van der Waals surface area contributed by atoms with Crippen LogP contribution in [0.3, 0.4) is 0 Å². The van der Waals surface area contributed by atoms with Crippen LogP contribution in [0.5, 0.6) is 5.75 Å². The SMILES string of the molecule is COc1cccc2c1C(=O)CCC2OS(=O)(=O)c1ccc(C)cc1. The van der Waals surface area contributed by atoms with Crippen molar-refractivity contribution in [2.45, 2.75) is 30.8 Å². The molecule has 24 heavy (non-hydrogen) atoms. The van der Waals surface area contributed by atoms with Gasteiger partial charge in [0.25, 0.3) is 10.1 Å². The van der Waals surface area contributed by atoms with Crippen LogP contribution < -0.4 is 4.74 Å². The lowest BCUT2D eigenvalue weighted by molar-refractivity contribution is 0.0919. The van der Waals surface area contributed by atoms with Crippen LogP contribution in [0.25, 0.3) is 0 Å². The predicted octanol–water partition coefficient (Wildman–Crippen LogP) is 3.43. The maximum absolute atomic E-state index is 12.5. The topological polar surface area (TPSA) is 69.7 Å². The van der Waals surface area contributed by atoms with Crippen LogP contribution in [0.4, 0.5) is 0 Å². The highest BCUT2D eigenvalue weighted by molar-refractivity contribution is 7.86. The van der Waals surface area contributed by atoms with Gasteiger partial charge in [-0.05, 0) is 37.1 Å². The molecule has 0 aliphatic heterocycles. The molecule has 0 saturated heterocycles. The number of methoxy groups -OCH3 is 1. The quantitative estimate of drug-likeness (QED) is 0.793. The molecular formula is C18H18O5S. The number of benzene rings is 2. The van der Waals surface area contributed by atoms with Crippen molar-refractivity contribution >= 4 is 15.9 Å². The molecule has 1 aliphatic rings. The molecule has 0 aromatic heterocycles. The Labute approximate surface area is 141 Å². The monoisotopic (exact) mass is 346 g/mol. The lowest BCUT2D eigenvalue weighted by atomic mass is 9.88. The maximum Gasteiger partial charge on any atom is 0.297 e. The molecule has 2 aromatic rings. The second kappa shape index (κ2) is 6.37. The molecule has 0 bridgehead atoms. The first-order valence-corrected chi connectivity index (χ1v) is 9.03. The first-order valence-electron chi connectivity index (χ1n) is 7.62. The van der Waals surface area contributed by atoms with E-state index >= 15 is 0 Å². The van der Waals surface area contributed by atoms with E-state index in [2.05, 4.69) is 0 Å². The maximum atomic E-state index is 12.5. The molecule has 0 saturated carbocycles. The highest BCUT2D eigenvalue weighted by Crippen LogP contribution is 2.38. The van der Waals surface area contributed by atoms with Crippen LogP contribution in [-0.4, -0.2) is 21.3 Å². The third-order valence-corrected chi connectivity index (χ3v) is 5.43. The van der Waals surface area contributed by atoms with Crippen molar-refractivity contribution in [1.29, 1.82) is 0 Å². The van der Waals surface area contributed by atoms with E-state index in [-0.39, 0.29) is 17.1 Å². The van der Waals surface area contributed by atoms with Gasteiger partial charge in [0.2, 0.25) is 0 Å². The van der Waals surface area contributed by atoms with E-state index in [1.165, 1.54) is 19.2 Å². The van der Waals surface area contributed by atoms with Gasteiger partial charge >= 0.3 is 0 Å². The Morgan fingerprint density at radius 1 is 1.08 bits per heavy atom. The van der Waals surface area contributed by atoms with E-state index in [1.54, 1.807) is 30.3 Å². The molecule has 2 aromatic carbocycles. The van der Waals surface area contributed by atoms with Crippen molar-refractivity contribution in [2.75, 3.05) is 7.11 Å². The minimum Gasteiger partial charge on any atom is -0.496 e. The van der Waals surface area contributed by atoms with Gasteiger partial charge in [-0.15, -0.1) is 0 Å². The van der Waals surface area contributed by atoms with E-state index in [0.717, 1.165) is 5.56 Å². The summed E-state index contributed by atoms with van der Waals surface area (Å²) < 4.78 is 35.7.